The van der Waals surface area contributed by atoms with Crippen LogP contribution in [0.1, 0.15) is 11.1 Å². The molecule has 1 aromatic carbocycles. The molecule has 2 rings (SSSR count). The highest BCUT2D eigenvalue weighted by atomic mass is 32.2. The van der Waals surface area contributed by atoms with Crippen molar-refractivity contribution in [3.63, 3.8) is 0 Å². The number of sulfonamides is 1. The van der Waals surface area contributed by atoms with Crippen molar-refractivity contribution < 1.29 is 8.42 Å². The molecule has 1 heterocycles. The first-order chi connectivity index (χ1) is 9.46. The third-order valence-electron chi connectivity index (χ3n) is 2.94. The fraction of sp³-hybridized carbons (Fsp3) is 0.214. The Morgan fingerprint density at radius 1 is 1.20 bits per heavy atom. The highest BCUT2D eigenvalue weighted by Crippen LogP contribution is 2.19. The van der Waals surface area contributed by atoms with Crippen LogP contribution in [-0.4, -0.2) is 19.2 Å². The van der Waals surface area contributed by atoms with Gasteiger partial charge in [0.2, 0.25) is 10.0 Å². The maximum Gasteiger partial charge on any atom is 0.233 e. The molecule has 0 aliphatic rings. The summed E-state index contributed by atoms with van der Waals surface area (Å²) >= 11 is 0. The third-order valence-corrected chi connectivity index (χ3v) is 4.21. The summed E-state index contributed by atoms with van der Waals surface area (Å²) in [5, 5.41) is 0. The largest absolute Gasteiger partial charge is 0.399 e. The highest BCUT2D eigenvalue weighted by molar-refractivity contribution is 7.92. The Bertz CT molecular complexity index is 685. The molecular formula is C14H17N3O2S. The van der Waals surface area contributed by atoms with Crippen LogP contribution in [-0.2, 0) is 16.4 Å². The molecule has 0 saturated heterocycles. The first-order valence-corrected chi connectivity index (χ1v) is 7.87. The van der Waals surface area contributed by atoms with Gasteiger partial charge >= 0.3 is 0 Å². The molecule has 0 saturated carbocycles. The Hall–Kier alpha value is -2.08. The zero-order valence-corrected chi connectivity index (χ0v) is 12.0. The fourth-order valence-electron chi connectivity index (χ4n) is 1.77. The molecule has 0 aliphatic heterocycles. The van der Waals surface area contributed by atoms with E-state index in [2.05, 4.69) is 9.71 Å². The second-order valence-corrected chi connectivity index (χ2v) is 6.44. The Morgan fingerprint density at radius 2 is 1.90 bits per heavy atom. The summed E-state index contributed by atoms with van der Waals surface area (Å²) in [6, 6.07) is 8.77. The minimum atomic E-state index is -3.40. The van der Waals surface area contributed by atoms with Gasteiger partial charge in [-0.1, -0.05) is 6.07 Å². The van der Waals surface area contributed by atoms with E-state index >= 15 is 0 Å². The number of nitrogens with zero attached hydrogens (tertiary/aromatic N) is 1. The zero-order valence-electron chi connectivity index (χ0n) is 11.2. The van der Waals surface area contributed by atoms with Crippen molar-refractivity contribution in [3.8, 4) is 0 Å². The molecule has 0 fully saturated rings. The van der Waals surface area contributed by atoms with E-state index in [9.17, 15) is 8.42 Å². The van der Waals surface area contributed by atoms with Gasteiger partial charge in [0, 0.05) is 18.1 Å². The number of pyridine rings is 1. The Labute approximate surface area is 118 Å². The van der Waals surface area contributed by atoms with Crippen LogP contribution in [0, 0.1) is 6.92 Å². The van der Waals surface area contributed by atoms with Gasteiger partial charge in [-0.05, 0) is 48.7 Å². The number of aromatic nitrogens is 1. The zero-order chi connectivity index (χ0) is 14.6. The highest BCUT2D eigenvalue weighted by Gasteiger charge is 2.12. The SMILES string of the molecule is Cc1ccc(N)cc1NS(=O)(=O)CCc1ccncc1. The molecule has 0 bridgehead atoms. The van der Waals surface area contributed by atoms with Crippen LogP contribution in [0.5, 0.6) is 0 Å². The smallest absolute Gasteiger partial charge is 0.233 e. The fourth-order valence-corrected chi connectivity index (χ4v) is 2.93. The summed E-state index contributed by atoms with van der Waals surface area (Å²) in [6.45, 7) is 1.83. The van der Waals surface area contributed by atoms with Gasteiger partial charge in [-0.2, -0.15) is 0 Å². The van der Waals surface area contributed by atoms with Gasteiger partial charge in [-0.25, -0.2) is 8.42 Å². The number of nitrogen functional groups attached to an aromatic ring is 1. The molecule has 0 unspecified atom stereocenters. The molecule has 0 aliphatic carbocycles. The number of aryl methyl sites for hydroxylation is 2. The molecule has 0 amide bonds. The van der Waals surface area contributed by atoms with Crippen molar-refractivity contribution in [2.75, 3.05) is 16.2 Å². The monoisotopic (exact) mass is 291 g/mol. The molecule has 20 heavy (non-hydrogen) atoms. The van der Waals surface area contributed by atoms with Gasteiger partial charge in [-0.15, -0.1) is 0 Å². The summed E-state index contributed by atoms with van der Waals surface area (Å²) in [4.78, 5) is 3.90. The van der Waals surface area contributed by atoms with Crippen molar-refractivity contribution in [1.82, 2.24) is 4.98 Å². The molecule has 1 aromatic heterocycles. The van der Waals surface area contributed by atoms with Gasteiger partial charge < -0.3 is 5.73 Å². The molecule has 0 radical (unpaired) electrons. The molecule has 0 spiro atoms. The Kier molecular flexibility index (Phi) is 4.24. The molecule has 106 valence electrons. The molecule has 2 aromatic rings. The standard InChI is InChI=1S/C14H17N3O2S/c1-11-2-3-13(15)10-14(11)17-20(18,19)9-6-12-4-7-16-8-5-12/h2-5,7-8,10,17H,6,9,15H2,1H3. The lowest BCUT2D eigenvalue weighted by Crippen LogP contribution is -2.19. The lowest BCUT2D eigenvalue weighted by molar-refractivity contribution is 0.600. The first-order valence-electron chi connectivity index (χ1n) is 6.22. The number of rotatable bonds is 5. The summed E-state index contributed by atoms with van der Waals surface area (Å²) in [6.07, 6.45) is 3.74. The van der Waals surface area contributed by atoms with Crippen molar-refractivity contribution in [1.29, 1.82) is 0 Å². The number of nitrogens with one attached hydrogen (secondary N) is 1. The third kappa shape index (κ3) is 3.96. The minimum absolute atomic E-state index is 0.0191. The van der Waals surface area contributed by atoms with Gasteiger partial charge in [0.25, 0.3) is 0 Å². The quantitative estimate of drug-likeness (QED) is 0.825. The van der Waals surface area contributed by atoms with E-state index in [1.165, 1.54) is 0 Å². The predicted molar refractivity (Wildman–Crippen MR) is 80.9 cm³/mol. The topological polar surface area (TPSA) is 85.1 Å². The number of benzene rings is 1. The van der Waals surface area contributed by atoms with Crippen LogP contribution in [0.4, 0.5) is 11.4 Å². The normalized spacial score (nSPS) is 11.2. The van der Waals surface area contributed by atoms with Crippen molar-refractivity contribution in [2.24, 2.45) is 0 Å². The van der Waals surface area contributed by atoms with Gasteiger partial charge in [0.1, 0.15) is 0 Å². The number of anilines is 2. The summed E-state index contributed by atoms with van der Waals surface area (Å²) in [5.41, 5.74) is 8.51. The van der Waals surface area contributed by atoms with Crippen LogP contribution in [0.15, 0.2) is 42.7 Å². The summed E-state index contributed by atoms with van der Waals surface area (Å²) < 4.78 is 26.7. The van der Waals surface area contributed by atoms with Gasteiger partial charge in [-0.3, -0.25) is 9.71 Å². The summed E-state index contributed by atoms with van der Waals surface area (Å²) in [5.74, 6) is 0.0191. The molecule has 6 heteroatoms. The average molecular weight is 291 g/mol. The number of hydrogen-bond donors (Lipinski definition) is 2. The van der Waals surface area contributed by atoms with Crippen molar-refractivity contribution in [2.45, 2.75) is 13.3 Å². The molecule has 3 N–H and O–H groups in total. The predicted octanol–water partition coefficient (Wildman–Crippen LogP) is 1.96. The number of nitrogens with two attached hydrogens (primary N) is 1. The molecule has 5 nitrogen and oxygen atoms in total. The van der Waals surface area contributed by atoms with Gasteiger partial charge in [0.05, 0.1) is 11.4 Å². The van der Waals surface area contributed by atoms with E-state index in [0.717, 1.165) is 11.1 Å². The van der Waals surface area contributed by atoms with E-state index in [1.54, 1.807) is 42.7 Å². The van der Waals surface area contributed by atoms with E-state index in [1.807, 2.05) is 6.92 Å². The molecule has 0 atom stereocenters. The minimum Gasteiger partial charge on any atom is -0.399 e. The van der Waals surface area contributed by atoms with Crippen LogP contribution < -0.4 is 10.5 Å². The lowest BCUT2D eigenvalue weighted by Gasteiger charge is -2.11. The van der Waals surface area contributed by atoms with Crippen LogP contribution in [0.3, 0.4) is 0 Å². The second kappa shape index (κ2) is 5.92. The van der Waals surface area contributed by atoms with E-state index < -0.39 is 10.0 Å². The second-order valence-electron chi connectivity index (χ2n) is 4.60. The lowest BCUT2D eigenvalue weighted by atomic mass is 10.2. The first kappa shape index (κ1) is 14.3. The van der Waals surface area contributed by atoms with Gasteiger partial charge in [0.15, 0.2) is 0 Å². The van der Waals surface area contributed by atoms with E-state index in [0.29, 0.717) is 17.8 Å². The van der Waals surface area contributed by atoms with Crippen LogP contribution >= 0.6 is 0 Å². The Morgan fingerprint density at radius 3 is 2.60 bits per heavy atom. The maximum atomic E-state index is 12.1. The van der Waals surface area contributed by atoms with Crippen molar-refractivity contribution >= 4 is 21.4 Å². The number of hydrogen-bond acceptors (Lipinski definition) is 4. The van der Waals surface area contributed by atoms with Crippen LogP contribution in [0.2, 0.25) is 0 Å². The maximum absolute atomic E-state index is 12.1. The van der Waals surface area contributed by atoms with E-state index in [-0.39, 0.29) is 5.75 Å². The Balaban J connectivity index is 2.06. The van der Waals surface area contributed by atoms with E-state index in [4.69, 9.17) is 5.73 Å². The van der Waals surface area contributed by atoms with Crippen LogP contribution in [0.25, 0.3) is 0 Å². The molecular weight excluding hydrogens is 274 g/mol. The van der Waals surface area contributed by atoms with Crippen molar-refractivity contribution in [3.05, 3.63) is 53.9 Å². The average Bonchev–Trinajstić information content (AvgIpc) is 2.42. The summed E-state index contributed by atoms with van der Waals surface area (Å²) in [7, 11) is -3.40.